The average Bonchev–Trinajstić information content (AvgIpc) is 2.97. The summed E-state index contributed by atoms with van der Waals surface area (Å²) in [5.41, 5.74) is 0.823. The van der Waals surface area contributed by atoms with E-state index in [2.05, 4.69) is 55.1 Å². The highest BCUT2D eigenvalue weighted by Crippen LogP contribution is 2.35. The summed E-state index contributed by atoms with van der Waals surface area (Å²) >= 11 is 0. The van der Waals surface area contributed by atoms with Gasteiger partial charge in [0.1, 0.15) is 11.7 Å². The van der Waals surface area contributed by atoms with Gasteiger partial charge in [0.05, 0.1) is 0 Å². The number of hydrogen-bond acceptors (Lipinski definition) is 4. The number of nitrogens with zero attached hydrogens (tertiary/aromatic N) is 2. The van der Waals surface area contributed by atoms with Crippen molar-refractivity contribution in [2.24, 2.45) is 17.3 Å². The number of rotatable bonds is 6. The SMILES string of the molecule is CCN(CC)c1ccc(CNC(=O)C2C(=O)NCC2C(C)(C)C)cn1. The third kappa shape index (κ3) is 4.50. The second-order valence-electron chi connectivity index (χ2n) is 7.61. The maximum Gasteiger partial charge on any atom is 0.233 e. The zero-order valence-corrected chi connectivity index (χ0v) is 15.9. The molecular weight excluding hydrogens is 316 g/mol. The molecule has 6 heteroatoms. The van der Waals surface area contributed by atoms with Crippen molar-refractivity contribution >= 4 is 17.6 Å². The molecule has 2 amide bonds. The van der Waals surface area contributed by atoms with Gasteiger partial charge in [0, 0.05) is 38.3 Å². The molecule has 2 heterocycles. The van der Waals surface area contributed by atoms with E-state index < -0.39 is 5.92 Å². The van der Waals surface area contributed by atoms with E-state index in [1.165, 1.54) is 0 Å². The van der Waals surface area contributed by atoms with Crippen molar-refractivity contribution in [3.63, 3.8) is 0 Å². The van der Waals surface area contributed by atoms with E-state index in [1.54, 1.807) is 6.20 Å². The van der Waals surface area contributed by atoms with Crippen LogP contribution in [0.2, 0.25) is 0 Å². The molecule has 0 aliphatic carbocycles. The van der Waals surface area contributed by atoms with E-state index in [0.29, 0.717) is 13.1 Å². The fraction of sp³-hybridized carbons (Fsp3) is 0.632. The fourth-order valence-corrected chi connectivity index (χ4v) is 3.28. The summed E-state index contributed by atoms with van der Waals surface area (Å²) in [6.07, 6.45) is 1.78. The lowest BCUT2D eigenvalue weighted by molar-refractivity contribution is -0.135. The van der Waals surface area contributed by atoms with Crippen LogP contribution in [0.5, 0.6) is 0 Å². The van der Waals surface area contributed by atoms with Gasteiger partial charge in [-0.1, -0.05) is 26.8 Å². The van der Waals surface area contributed by atoms with Gasteiger partial charge in [0.25, 0.3) is 0 Å². The van der Waals surface area contributed by atoms with Gasteiger partial charge in [0.15, 0.2) is 0 Å². The number of anilines is 1. The Kier molecular flexibility index (Phi) is 6.03. The molecular formula is C19H30N4O2. The summed E-state index contributed by atoms with van der Waals surface area (Å²) in [5.74, 6) is -0.0655. The predicted octanol–water partition coefficient (Wildman–Crippen LogP) is 1.95. The zero-order chi connectivity index (χ0) is 18.6. The van der Waals surface area contributed by atoms with Crippen LogP contribution in [0.15, 0.2) is 18.3 Å². The van der Waals surface area contributed by atoms with Crippen LogP contribution in [0.1, 0.15) is 40.2 Å². The van der Waals surface area contributed by atoms with Gasteiger partial charge in [-0.25, -0.2) is 4.98 Å². The number of nitrogens with one attached hydrogen (secondary N) is 2. The highest BCUT2D eigenvalue weighted by Gasteiger charge is 2.45. The Morgan fingerprint density at radius 2 is 2.00 bits per heavy atom. The highest BCUT2D eigenvalue weighted by atomic mass is 16.2. The Bertz CT molecular complexity index is 603. The number of aromatic nitrogens is 1. The van der Waals surface area contributed by atoms with Crippen LogP contribution in [0, 0.1) is 17.3 Å². The molecule has 0 spiro atoms. The standard InChI is InChI=1S/C19H30N4O2/c1-6-23(7-2)15-9-8-13(10-20-15)11-21-17(24)16-14(19(3,4)5)12-22-18(16)25/h8-10,14,16H,6-7,11-12H2,1-5H3,(H,21,24)(H,22,25). The minimum absolute atomic E-state index is 0.00293. The van der Waals surface area contributed by atoms with E-state index in [4.69, 9.17) is 0 Å². The maximum absolute atomic E-state index is 12.6. The lowest BCUT2D eigenvalue weighted by atomic mass is 9.74. The third-order valence-corrected chi connectivity index (χ3v) is 4.94. The second-order valence-corrected chi connectivity index (χ2v) is 7.61. The van der Waals surface area contributed by atoms with Crippen molar-refractivity contribution in [2.75, 3.05) is 24.5 Å². The molecule has 0 radical (unpaired) electrons. The zero-order valence-electron chi connectivity index (χ0n) is 15.9. The van der Waals surface area contributed by atoms with E-state index in [-0.39, 0.29) is 23.1 Å². The first-order valence-electron chi connectivity index (χ1n) is 9.03. The lowest BCUT2D eigenvalue weighted by Crippen LogP contribution is -2.40. The van der Waals surface area contributed by atoms with Gasteiger partial charge in [-0.3, -0.25) is 9.59 Å². The molecule has 2 N–H and O–H groups in total. The number of hydrogen-bond donors (Lipinski definition) is 2. The van der Waals surface area contributed by atoms with Crippen LogP contribution in [-0.2, 0) is 16.1 Å². The molecule has 2 rings (SSSR count). The largest absolute Gasteiger partial charge is 0.357 e. The molecule has 1 aliphatic rings. The molecule has 1 aromatic heterocycles. The molecule has 25 heavy (non-hydrogen) atoms. The van der Waals surface area contributed by atoms with Gasteiger partial charge in [-0.15, -0.1) is 0 Å². The van der Waals surface area contributed by atoms with Crippen molar-refractivity contribution in [1.82, 2.24) is 15.6 Å². The van der Waals surface area contributed by atoms with E-state index in [0.717, 1.165) is 24.5 Å². The number of carbonyl (C=O) groups is 2. The molecule has 1 aromatic rings. The van der Waals surface area contributed by atoms with Crippen molar-refractivity contribution < 1.29 is 9.59 Å². The van der Waals surface area contributed by atoms with Gasteiger partial charge in [-0.2, -0.15) is 0 Å². The Hall–Kier alpha value is -2.11. The Morgan fingerprint density at radius 1 is 1.32 bits per heavy atom. The monoisotopic (exact) mass is 346 g/mol. The quantitative estimate of drug-likeness (QED) is 0.772. The van der Waals surface area contributed by atoms with Crippen molar-refractivity contribution in [2.45, 2.75) is 41.2 Å². The molecule has 1 saturated heterocycles. The maximum atomic E-state index is 12.6. The first kappa shape index (κ1) is 19.2. The Balaban J connectivity index is 1.98. The molecule has 6 nitrogen and oxygen atoms in total. The first-order chi connectivity index (χ1) is 11.8. The van der Waals surface area contributed by atoms with Gasteiger partial charge in [-0.05, 0) is 30.9 Å². The third-order valence-electron chi connectivity index (χ3n) is 4.94. The molecule has 1 fully saturated rings. The van der Waals surface area contributed by atoms with Crippen LogP contribution in [0.4, 0.5) is 5.82 Å². The molecule has 2 atom stereocenters. The summed E-state index contributed by atoms with van der Waals surface area (Å²) in [6.45, 7) is 13.1. The molecule has 0 saturated carbocycles. The molecule has 2 unspecified atom stereocenters. The Labute approximate surface area is 150 Å². The van der Waals surface area contributed by atoms with Crippen LogP contribution in [0.3, 0.4) is 0 Å². The van der Waals surface area contributed by atoms with Crippen LogP contribution in [-0.4, -0.2) is 36.4 Å². The van der Waals surface area contributed by atoms with Crippen molar-refractivity contribution in [1.29, 1.82) is 0 Å². The van der Waals surface area contributed by atoms with Gasteiger partial charge in [0.2, 0.25) is 11.8 Å². The van der Waals surface area contributed by atoms with Crippen molar-refractivity contribution in [3.8, 4) is 0 Å². The minimum Gasteiger partial charge on any atom is -0.357 e. The summed E-state index contributed by atoms with van der Waals surface area (Å²) in [6, 6.07) is 3.94. The molecule has 1 aliphatic heterocycles. The topological polar surface area (TPSA) is 74.3 Å². The lowest BCUT2D eigenvalue weighted by Gasteiger charge is -2.29. The summed E-state index contributed by atoms with van der Waals surface area (Å²) in [5, 5.41) is 5.72. The predicted molar refractivity (Wildman–Crippen MR) is 99.1 cm³/mol. The first-order valence-corrected chi connectivity index (χ1v) is 9.03. The normalized spacial score (nSPS) is 20.3. The van der Waals surface area contributed by atoms with Crippen LogP contribution >= 0.6 is 0 Å². The van der Waals surface area contributed by atoms with E-state index >= 15 is 0 Å². The van der Waals surface area contributed by atoms with E-state index in [9.17, 15) is 9.59 Å². The smallest absolute Gasteiger partial charge is 0.233 e. The molecule has 138 valence electrons. The number of pyridine rings is 1. The fourth-order valence-electron chi connectivity index (χ4n) is 3.28. The average molecular weight is 346 g/mol. The molecule has 0 aromatic carbocycles. The highest BCUT2D eigenvalue weighted by molar-refractivity contribution is 6.02. The summed E-state index contributed by atoms with van der Waals surface area (Å²) < 4.78 is 0. The number of carbonyl (C=O) groups excluding carboxylic acids is 2. The Morgan fingerprint density at radius 3 is 2.52 bits per heavy atom. The second kappa shape index (κ2) is 7.85. The summed E-state index contributed by atoms with van der Waals surface area (Å²) in [7, 11) is 0. The van der Waals surface area contributed by atoms with E-state index in [1.807, 2.05) is 12.1 Å². The van der Waals surface area contributed by atoms with Gasteiger partial charge < -0.3 is 15.5 Å². The number of amides is 2. The molecule has 0 bridgehead atoms. The van der Waals surface area contributed by atoms with Crippen LogP contribution < -0.4 is 15.5 Å². The minimum atomic E-state index is -0.622. The van der Waals surface area contributed by atoms with Crippen LogP contribution in [0.25, 0.3) is 0 Å². The van der Waals surface area contributed by atoms with Crippen molar-refractivity contribution in [3.05, 3.63) is 23.9 Å². The van der Waals surface area contributed by atoms with Gasteiger partial charge >= 0.3 is 0 Å². The summed E-state index contributed by atoms with van der Waals surface area (Å²) in [4.78, 5) is 31.3.